The van der Waals surface area contributed by atoms with Gasteiger partial charge in [0.1, 0.15) is 0 Å². The zero-order chi connectivity index (χ0) is 14.9. The van der Waals surface area contributed by atoms with Gasteiger partial charge in [0.25, 0.3) is 0 Å². The molecule has 0 atom stereocenters. The quantitative estimate of drug-likeness (QED) is 0.203. The summed E-state index contributed by atoms with van der Waals surface area (Å²) in [7, 11) is -3.02. The fourth-order valence-corrected chi connectivity index (χ4v) is 4.05. The number of allylic oxidation sites excluding steroid dienone is 3. The Kier molecular flexibility index (Phi) is 7.56. The minimum atomic E-state index is -3.02. The molecule has 19 heavy (non-hydrogen) atoms. The first-order valence-electron chi connectivity index (χ1n) is 5.88. The Morgan fingerprint density at radius 1 is 1.05 bits per heavy atom. The third-order valence-corrected chi connectivity index (χ3v) is 4.75. The van der Waals surface area contributed by atoms with Gasteiger partial charge < -0.3 is 13.3 Å². The normalized spacial score (nSPS) is 10.1. The molecule has 0 aromatic heterocycles. The largest absolute Gasteiger partial charge is 0.698 e. The highest BCUT2D eigenvalue weighted by atomic mass is 28.4. The van der Waals surface area contributed by atoms with Gasteiger partial charge in [0.2, 0.25) is 6.08 Å². The zero-order valence-electron chi connectivity index (χ0n) is 11.8. The Balaban J connectivity index is 4.97. The maximum Gasteiger partial charge on any atom is 0.698 e. The van der Waals surface area contributed by atoms with Crippen LogP contribution in [0.15, 0.2) is 42.0 Å². The zero-order valence-corrected chi connectivity index (χ0v) is 12.8. The molecule has 0 aliphatic heterocycles. The molecule has 6 heteroatoms. The molecule has 0 spiro atoms. The molecule has 0 aromatic rings. The number of carbonyl (C=O) groups excluding carboxylic acids is 1. The third kappa shape index (κ3) is 8.02. The van der Waals surface area contributed by atoms with Crippen LogP contribution in [0.3, 0.4) is 0 Å². The molecule has 5 nitrogen and oxygen atoms in total. The number of hydrogen-bond acceptors (Lipinski definition) is 5. The van der Waals surface area contributed by atoms with Crippen LogP contribution >= 0.6 is 0 Å². The highest BCUT2D eigenvalue weighted by Crippen LogP contribution is 2.25. The summed E-state index contributed by atoms with van der Waals surface area (Å²) in [5, 5.41) is 0. The van der Waals surface area contributed by atoms with Crippen molar-refractivity contribution >= 4 is 14.9 Å². The van der Waals surface area contributed by atoms with Crippen LogP contribution in [0.4, 0.5) is 0 Å². The van der Waals surface area contributed by atoms with Crippen molar-refractivity contribution < 1.29 is 18.1 Å². The molecule has 0 amide bonds. The molecular formula is C13H21NO4Si. The molecule has 0 saturated carbocycles. The molecule has 0 unspecified atom stereocenters. The number of aliphatic imine (C=N–C) groups is 1. The minimum Gasteiger partial charge on any atom is -0.488 e. The van der Waals surface area contributed by atoms with Crippen molar-refractivity contribution in [2.24, 2.45) is 4.99 Å². The molecule has 0 heterocycles. The van der Waals surface area contributed by atoms with Crippen molar-refractivity contribution in [1.29, 1.82) is 0 Å². The van der Waals surface area contributed by atoms with E-state index in [0.29, 0.717) is 36.3 Å². The summed E-state index contributed by atoms with van der Waals surface area (Å²) in [4.78, 5) is 13.5. The summed E-state index contributed by atoms with van der Waals surface area (Å²) in [6.07, 6.45) is 2.07. The van der Waals surface area contributed by atoms with E-state index in [-0.39, 0.29) is 0 Å². The number of hydrogen-bond donors (Lipinski definition) is 0. The molecule has 0 aromatic carbocycles. The monoisotopic (exact) mass is 283 g/mol. The average molecular weight is 283 g/mol. The predicted molar refractivity (Wildman–Crippen MR) is 75.9 cm³/mol. The molecule has 106 valence electrons. The summed E-state index contributed by atoms with van der Waals surface area (Å²) in [5.41, 5.74) is 0. The molecular weight excluding hydrogens is 262 g/mol. The Labute approximate surface area is 115 Å². The van der Waals surface area contributed by atoms with Gasteiger partial charge in [0, 0.05) is 0 Å². The fraction of sp³-hybridized carbons (Fsp3) is 0.462. The third-order valence-electron chi connectivity index (χ3n) is 1.81. The lowest BCUT2D eigenvalue weighted by molar-refractivity contribution is 0.144. The molecule has 0 N–H and O–H groups in total. The van der Waals surface area contributed by atoms with Gasteiger partial charge in [-0.15, -0.1) is 0 Å². The summed E-state index contributed by atoms with van der Waals surface area (Å²) >= 11 is 0. The Morgan fingerprint density at radius 3 is 1.79 bits per heavy atom. The molecule has 0 rings (SSSR count). The molecule has 0 aliphatic carbocycles. The summed E-state index contributed by atoms with van der Waals surface area (Å²) < 4.78 is 17.0. The van der Waals surface area contributed by atoms with E-state index in [1.54, 1.807) is 20.8 Å². The van der Waals surface area contributed by atoms with E-state index in [9.17, 15) is 4.79 Å². The van der Waals surface area contributed by atoms with E-state index in [2.05, 4.69) is 24.7 Å². The maximum atomic E-state index is 10.0. The van der Waals surface area contributed by atoms with E-state index in [0.717, 1.165) is 0 Å². The number of isocyanates is 1. The first-order chi connectivity index (χ1) is 8.81. The van der Waals surface area contributed by atoms with E-state index >= 15 is 0 Å². The van der Waals surface area contributed by atoms with Crippen LogP contribution in [0.25, 0.3) is 0 Å². The molecule has 0 fully saturated rings. The van der Waals surface area contributed by atoms with Crippen LogP contribution in [0.2, 0.25) is 6.04 Å². The smallest absolute Gasteiger partial charge is 0.488 e. The van der Waals surface area contributed by atoms with Crippen LogP contribution in [0.1, 0.15) is 27.2 Å². The van der Waals surface area contributed by atoms with Gasteiger partial charge in [-0.3, -0.25) is 0 Å². The first-order valence-corrected chi connectivity index (χ1v) is 7.81. The topological polar surface area (TPSA) is 57.1 Å². The standard InChI is InChI=1S/C13H21NO4Si/c1-11(2)16-19(17-12(3)4,18-13(5)6)9-7-8-14-10-15/h1,3,5,7-9H2,2,4,6H3. The van der Waals surface area contributed by atoms with E-state index in [1.165, 1.54) is 6.08 Å². The second-order valence-corrected chi connectivity index (χ2v) is 6.65. The van der Waals surface area contributed by atoms with Crippen molar-refractivity contribution in [2.75, 3.05) is 6.54 Å². The first kappa shape index (κ1) is 17.2. The molecule has 0 saturated heterocycles. The Hall–Kier alpha value is -1.78. The SMILES string of the molecule is C=C(C)O[Si](CCCN=C=O)(OC(=C)C)OC(=C)C. The van der Waals surface area contributed by atoms with Crippen molar-refractivity contribution in [3.05, 3.63) is 37.0 Å². The van der Waals surface area contributed by atoms with E-state index < -0.39 is 8.80 Å². The fourth-order valence-electron chi connectivity index (χ4n) is 1.43. The molecule has 0 bridgehead atoms. The average Bonchev–Trinajstić information content (AvgIpc) is 2.21. The van der Waals surface area contributed by atoms with E-state index in [1.807, 2.05) is 0 Å². The second kappa shape index (κ2) is 8.34. The van der Waals surface area contributed by atoms with Gasteiger partial charge >= 0.3 is 8.80 Å². The van der Waals surface area contributed by atoms with Crippen molar-refractivity contribution in [3.63, 3.8) is 0 Å². The number of rotatable bonds is 10. The lowest BCUT2D eigenvalue weighted by Crippen LogP contribution is -2.44. The van der Waals surface area contributed by atoms with Crippen LogP contribution in [-0.4, -0.2) is 21.4 Å². The van der Waals surface area contributed by atoms with Crippen molar-refractivity contribution in [2.45, 2.75) is 33.2 Å². The lowest BCUT2D eigenvalue weighted by Gasteiger charge is -2.30. The van der Waals surface area contributed by atoms with Crippen LogP contribution < -0.4 is 0 Å². The molecule has 0 radical (unpaired) electrons. The highest BCUT2D eigenvalue weighted by molar-refractivity contribution is 6.61. The Morgan fingerprint density at radius 2 is 1.47 bits per heavy atom. The maximum absolute atomic E-state index is 10.0. The van der Waals surface area contributed by atoms with Gasteiger partial charge in [-0.2, -0.15) is 0 Å². The van der Waals surface area contributed by atoms with Crippen LogP contribution in [-0.2, 0) is 18.1 Å². The lowest BCUT2D eigenvalue weighted by atomic mass is 10.5. The van der Waals surface area contributed by atoms with Gasteiger partial charge in [-0.05, 0) is 27.2 Å². The summed E-state index contributed by atoms with van der Waals surface area (Å²) in [6, 6.07) is 0.477. The van der Waals surface area contributed by atoms with Gasteiger partial charge in [-0.25, -0.2) is 9.79 Å². The predicted octanol–water partition coefficient (Wildman–Crippen LogP) is 3.30. The summed E-state index contributed by atoms with van der Waals surface area (Å²) in [5.74, 6) is 1.48. The molecule has 0 aliphatic rings. The van der Waals surface area contributed by atoms with Crippen LogP contribution in [0.5, 0.6) is 0 Å². The van der Waals surface area contributed by atoms with Crippen LogP contribution in [0, 0.1) is 0 Å². The van der Waals surface area contributed by atoms with Crippen molar-refractivity contribution in [3.8, 4) is 0 Å². The number of nitrogens with zero attached hydrogens (tertiary/aromatic N) is 1. The van der Waals surface area contributed by atoms with E-state index in [4.69, 9.17) is 13.3 Å². The van der Waals surface area contributed by atoms with Gasteiger partial charge in [-0.1, -0.05) is 19.7 Å². The van der Waals surface area contributed by atoms with Crippen molar-refractivity contribution in [1.82, 2.24) is 0 Å². The van der Waals surface area contributed by atoms with Gasteiger partial charge in [0.15, 0.2) is 0 Å². The second-order valence-electron chi connectivity index (χ2n) is 4.17. The van der Waals surface area contributed by atoms with Gasteiger partial charge in [0.05, 0.1) is 29.9 Å². The summed E-state index contributed by atoms with van der Waals surface area (Å²) in [6.45, 7) is 16.6. The Bertz CT molecular complexity index is 359. The highest BCUT2D eigenvalue weighted by Gasteiger charge is 2.48. The minimum absolute atomic E-state index is 0.344.